The van der Waals surface area contributed by atoms with E-state index in [2.05, 4.69) is 31.2 Å². The van der Waals surface area contributed by atoms with Crippen molar-refractivity contribution in [3.8, 4) is 5.06 Å². The highest BCUT2D eigenvalue weighted by atomic mass is 35.5. The van der Waals surface area contributed by atoms with Gasteiger partial charge in [-0.1, -0.05) is 17.7 Å². The lowest BCUT2D eigenvalue weighted by Gasteiger charge is -2.13. The molecule has 3 heterocycles. The molecule has 9 nitrogen and oxygen atoms in total. The third-order valence-electron chi connectivity index (χ3n) is 4.88. The Bertz CT molecular complexity index is 1180. The summed E-state index contributed by atoms with van der Waals surface area (Å²) in [6, 6.07) is 5.91. The fourth-order valence-corrected chi connectivity index (χ4v) is 4.18. The number of hydrogen-bond acceptors (Lipinski definition) is 8. The van der Waals surface area contributed by atoms with E-state index in [4.69, 9.17) is 16.3 Å². The summed E-state index contributed by atoms with van der Waals surface area (Å²) in [5.74, 6) is 0.765. The molecular formula is C21H21ClN6O3S. The maximum atomic E-state index is 11.7. The minimum absolute atomic E-state index is 0.0518. The van der Waals surface area contributed by atoms with Crippen LogP contribution in [0, 0.1) is 6.92 Å². The minimum Gasteiger partial charge on any atom is -0.397 e. The molecular weight excluding hydrogens is 452 g/mol. The van der Waals surface area contributed by atoms with Gasteiger partial charge in [0.05, 0.1) is 11.9 Å². The number of aryl methyl sites for hydroxylation is 2. The van der Waals surface area contributed by atoms with E-state index in [1.54, 1.807) is 0 Å². The van der Waals surface area contributed by atoms with Gasteiger partial charge in [0.15, 0.2) is 5.82 Å². The van der Waals surface area contributed by atoms with Crippen molar-refractivity contribution in [2.24, 2.45) is 0 Å². The molecule has 0 spiro atoms. The van der Waals surface area contributed by atoms with Gasteiger partial charge >= 0.3 is 6.09 Å². The first-order chi connectivity index (χ1) is 15.4. The molecule has 1 aliphatic heterocycles. The van der Waals surface area contributed by atoms with E-state index in [1.165, 1.54) is 24.6 Å². The lowest BCUT2D eigenvalue weighted by molar-refractivity contribution is -0.121. The van der Waals surface area contributed by atoms with Crippen molar-refractivity contribution < 1.29 is 14.3 Å². The van der Waals surface area contributed by atoms with Crippen molar-refractivity contribution in [1.82, 2.24) is 20.6 Å². The zero-order chi connectivity index (χ0) is 22.7. The van der Waals surface area contributed by atoms with Crippen molar-refractivity contribution >= 4 is 58.1 Å². The number of nitrogens with zero attached hydrogens (tertiary/aromatic N) is 2. The average molecular weight is 473 g/mol. The van der Waals surface area contributed by atoms with E-state index in [-0.39, 0.29) is 5.91 Å². The molecule has 1 aromatic carbocycles. The molecule has 0 saturated heterocycles. The van der Waals surface area contributed by atoms with Crippen LogP contribution in [0.5, 0.6) is 5.06 Å². The molecule has 4 rings (SSSR count). The fraction of sp³-hybridized carbons (Fsp3) is 0.238. The van der Waals surface area contributed by atoms with E-state index in [0.29, 0.717) is 46.9 Å². The Kier molecular flexibility index (Phi) is 6.42. The van der Waals surface area contributed by atoms with Gasteiger partial charge in [-0.05, 0) is 47.5 Å². The summed E-state index contributed by atoms with van der Waals surface area (Å²) < 4.78 is 5.30. The standard InChI is InChI=1S/C21H21ClN6O3S/c1-11-10-32-19(31-21(30)23-2)17(11)27-18-15(22)9-25-20(28-18)26-14-5-3-12-4-6-16(29)24-8-13(12)7-14/h3,5,7,9-10H,4,6,8H2,1-2H3,(H,23,30)(H,24,29)(H2,25,26,27,28). The molecule has 0 unspecified atom stereocenters. The minimum atomic E-state index is -0.564. The molecule has 0 fully saturated rings. The first kappa shape index (κ1) is 21.8. The number of fused-ring (bicyclic) bond motifs is 1. The van der Waals surface area contributed by atoms with Crippen molar-refractivity contribution in [3.63, 3.8) is 0 Å². The molecule has 0 atom stereocenters. The van der Waals surface area contributed by atoms with Crippen LogP contribution in [0.1, 0.15) is 23.1 Å². The largest absolute Gasteiger partial charge is 0.413 e. The van der Waals surface area contributed by atoms with Gasteiger partial charge in [0, 0.05) is 25.7 Å². The van der Waals surface area contributed by atoms with Crippen LogP contribution in [0.25, 0.3) is 0 Å². The van der Waals surface area contributed by atoms with E-state index in [0.717, 1.165) is 22.4 Å². The summed E-state index contributed by atoms with van der Waals surface area (Å²) in [4.78, 5) is 32.0. The van der Waals surface area contributed by atoms with Crippen molar-refractivity contribution in [2.45, 2.75) is 26.3 Å². The van der Waals surface area contributed by atoms with Crippen LogP contribution >= 0.6 is 22.9 Å². The Morgan fingerprint density at radius 1 is 1.25 bits per heavy atom. The zero-order valence-electron chi connectivity index (χ0n) is 17.4. The quantitative estimate of drug-likeness (QED) is 0.438. The molecule has 2 aromatic heterocycles. The van der Waals surface area contributed by atoms with Crippen LogP contribution in [0.15, 0.2) is 29.8 Å². The summed E-state index contributed by atoms with van der Waals surface area (Å²) in [6.45, 7) is 2.38. The normalized spacial score (nSPS) is 12.9. The van der Waals surface area contributed by atoms with Crippen molar-refractivity contribution in [3.05, 3.63) is 51.5 Å². The van der Waals surface area contributed by atoms with Gasteiger partial charge in [-0.25, -0.2) is 9.78 Å². The van der Waals surface area contributed by atoms with Crippen molar-refractivity contribution in [1.29, 1.82) is 0 Å². The molecule has 0 bridgehead atoms. The maximum absolute atomic E-state index is 11.7. The maximum Gasteiger partial charge on any atom is 0.413 e. The third-order valence-corrected chi connectivity index (χ3v) is 6.13. The highest BCUT2D eigenvalue weighted by molar-refractivity contribution is 7.12. The molecule has 166 valence electrons. The van der Waals surface area contributed by atoms with E-state index in [9.17, 15) is 9.59 Å². The zero-order valence-corrected chi connectivity index (χ0v) is 19.0. The number of anilines is 4. The molecule has 11 heteroatoms. The van der Waals surface area contributed by atoms with Crippen LogP contribution < -0.4 is 26.0 Å². The topological polar surface area (TPSA) is 117 Å². The van der Waals surface area contributed by atoms with E-state index >= 15 is 0 Å². The number of carbonyl (C=O) groups is 2. The SMILES string of the molecule is CNC(=O)Oc1scc(C)c1Nc1nc(Nc2ccc3c(c2)CNC(=O)CC3)ncc1Cl. The molecule has 1 aliphatic rings. The van der Waals surface area contributed by atoms with Gasteiger partial charge in [0.25, 0.3) is 0 Å². The van der Waals surface area contributed by atoms with E-state index in [1.807, 2.05) is 30.5 Å². The number of ether oxygens (including phenoxy) is 1. The summed E-state index contributed by atoms with van der Waals surface area (Å²) in [5, 5.41) is 14.2. The van der Waals surface area contributed by atoms with Gasteiger partial charge in [0.1, 0.15) is 5.02 Å². The predicted octanol–water partition coefficient (Wildman–Crippen LogP) is 4.27. The van der Waals surface area contributed by atoms with Gasteiger partial charge in [-0.15, -0.1) is 11.3 Å². The van der Waals surface area contributed by atoms with Crippen molar-refractivity contribution in [2.75, 3.05) is 17.7 Å². The summed E-state index contributed by atoms with van der Waals surface area (Å²) in [6.07, 6.45) is 2.13. The molecule has 0 radical (unpaired) electrons. The summed E-state index contributed by atoms with van der Waals surface area (Å²) in [7, 11) is 1.49. The molecule has 4 N–H and O–H groups in total. The second-order valence-corrected chi connectivity index (χ2v) is 8.37. The Hall–Kier alpha value is -3.37. The van der Waals surface area contributed by atoms with Crippen LogP contribution in [0.3, 0.4) is 0 Å². The summed E-state index contributed by atoms with van der Waals surface area (Å²) >= 11 is 7.60. The molecule has 2 amide bonds. The Balaban J connectivity index is 1.55. The number of halogens is 1. The Morgan fingerprint density at radius 2 is 2.09 bits per heavy atom. The number of carbonyl (C=O) groups excluding carboxylic acids is 2. The van der Waals surface area contributed by atoms with Crippen LogP contribution in [-0.4, -0.2) is 29.0 Å². The lowest BCUT2D eigenvalue weighted by Crippen LogP contribution is -2.22. The number of rotatable bonds is 5. The predicted molar refractivity (Wildman–Crippen MR) is 124 cm³/mol. The number of aromatic nitrogens is 2. The third kappa shape index (κ3) is 4.92. The van der Waals surface area contributed by atoms with Crippen LogP contribution in [0.2, 0.25) is 5.02 Å². The fourth-order valence-electron chi connectivity index (χ4n) is 3.19. The first-order valence-corrected chi connectivity index (χ1v) is 11.1. The molecule has 0 saturated carbocycles. The van der Waals surface area contributed by atoms with Gasteiger partial charge in [0.2, 0.25) is 16.9 Å². The number of amides is 2. The van der Waals surface area contributed by atoms with Crippen LogP contribution in [-0.2, 0) is 17.8 Å². The Morgan fingerprint density at radius 3 is 2.91 bits per heavy atom. The van der Waals surface area contributed by atoms with Crippen LogP contribution in [0.4, 0.5) is 27.9 Å². The molecule has 32 heavy (non-hydrogen) atoms. The lowest BCUT2D eigenvalue weighted by atomic mass is 10.0. The van der Waals surface area contributed by atoms with Gasteiger partial charge < -0.3 is 26.0 Å². The van der Waals surface area contributed by atoms with Gasteiger partial charge in [-0.2, -0.15) is 4.98 Å². The highest BCUT2D eigenvalue weighted by Crippen LogP contribution is 2.38. The number of hydrogen-bond donors (Lipinski definition) is 4. The molecule has 3 aromatic rings. The average Bonchev–Trinajstić information content (AvgIpc) is 3.00. The number of benzene rings is 1. The first-order valence-electron chi connectivity index (χ1n) is 9.85. The van der Waals surface area contributed by atoms with Gasteiger partial charge in [-0.3, -0.25) is 4.79 Å². The Labute approximate surface area is 193 Å². The van der Waals surface area contributed by atoms with E-state index < -0.39 is 6.09 Å². The second-order valence-electron chi connectivity index (χ2n) is 7.12. The molecule has 0 aliphatic carbocycles. The number of nitrogens with one attached hydrogen (secondary N) is 4. The smallest absolute Gasteiger partial charge is 0.397 e. The number of thiophene rings is 1. The monoisotopic (exact) mass is 472 g/mol. The second kappa shape index (κ2) is 9.41. The summed E-state index contributed by atoms with van der Waals surface area (Å²) in [5.41, 5.74) is 4.48. The highest BCUT2D eigenvalue weighted by Gasteiger charge is 2.17.